The molecule has 4 N–H and O–H groups in total. The fourth-order valence-electron chi connectivity index (χ4n) is 5.15. The van der Waals surface area contributed by atoms with Crippen molar-refractivity contribution in [3.8, 4) is 0 Å². The molecule has 0 aromatic rings. The molecule has 0 aliphatic carbocycles. The number of carbonyl (C=O) groups is 3. The quantitative estimate of drug-likeness (QED) is 0.0507. The van der Waals surface area contributed by atoms with Gasteiger partial charge in [-0.2, -0.15) is 0 Å². The lowest BCUT2D eigenvalue weighted by molar-refractivity contribution is -0.149. The number of unbranched alkanes of at least 4 members (excludes halogenated alkanes) is 18. The molecule has 2 atom stereocenters. The normalized spacial score (nSPS) is 12.1. The molecule has 1 amide bonds. The summed E-state index contributed by atoms with van der Waals surface area (Å²) in [6.45, 7) is 10.2. The van der Waals surface area contributed by atoms with Gasteiger partial charge in [0.2, 0.25) is 0 Å². The number of hydrogen-bond acceptors (Lipinski definition) is 6. The summed E-state index contributed by atoms with van der Waals surface area (Å²) in [7, 11) is 0. The van der Waals surface area contributed by atoms with Gasteiger partial charge in [-0.05, 0) is 25.7 Å². The molecule has 0 aliphatic heterocycles. The van der Waals surface area contributed by atoms with Crippen LogP contribution in [0.1, 0.15) is 182 Å². The Hall–Kier alpha value is -1.83. The van der Waals surface area contributed by atoms with E-state index in [1.807, 2.05) is 0 Å². The van der Waals surface area contributed by atoms with Crippen molar-refractivity contribution in [2.75, 3.05) is 26.3 Å². The Kier molecular flexibility index (Phi) is 36.9. The molecule has 268 valence electrons. The van der Waals surface area contributed by atoms with Crippen LogP contribution in [-0.2, 0) is 19.1 Å². The van der Waals surface area contributed by atoms with Gasteiger partial charge in [0.05, 0.1) is 25.0 Å². The topological polar surface area (TPSA) is 128 Å². The summed E-state index contributed by atoms with van der Waals surface area (Å²) in [5.74, 6) is -0.814. The van der Waals surface area contributed by atoms with Gasteiger partial charge in [0.1, 0.15) is 0 Å². The molecule has 45 heavy (non-hydrogen) atoms. The van der Waals surface area contributed by atoms with Gasteiger partial charge in [-0.1, -0.05) is 156 Å². The van der Waals surface area contributed by atoms with E-state index in [1.165, 1.54) is 96.3 Å². The van der Waals surface area contributed by atoms with Crippen LogP contribution in [0.3, 0.4) is 0 Å². The number of rotatable bonds is 31. The van der Waals surface area contributed by atoms with Crippen molar-refractivity contribution in [2.45, 2.75) is 182 Å². The Labute approximate surface area is 277 Å². The Morgan fingerprint density at radius 2 is 0.867 bits per heavy atom. The lowest BCUT2D eigenvalue weighted by Crippen LogP contribution is -2.33. The summed E-state index contributed by atoms with van der Waals surface area (Å²) in [6.07, 6.45) is 27.1. The Morgan fingerprint density at radius 1 is 0.533 bits per heavy atom. The van der Waals surface area contributed by atoms with Crippen LogP contribution >= 0.6 is 0 Å². The lowest BCUT2D eigenvalue weighted by Gasteiger charge is -2.15. The van der Waals surface area contributed by atoms with Crippen molar-refractivity contribution in [3.05, 3.63) is 0 Å². The first-order valence-corrected chi connectivity index (χ1v) is 18.9. The van der Waals surface area contributed by atoms with E-state index >= 15 is 0 Å². The highest BCUT2D eigenvalue weighted by Crippen LogP contribution is 2.14. The van der Waals surface area contributed by atoms with Gasteiger partial charge in [-0.15, -0.1) is 0 Å². The second kappa shape index (κ2) is 36.6. The molecule has 0 rings (SSSR count). The standard InChI is InChI=1S/C19H37NO4.C18H37NO2/c1-3-5-7-8-9-10-11-12-13-15-24-18(21)17(14-6-4-2)16-20-19(22)23;1-3-5-7-8-9-10-11-12-13-15-21-18(20)17(16-19)14-6-4-2/h17,20H,3-16H2,1-2H3,(H,22,23);17H,3-16,19H2,1-2H3. The molecular formula is C37H74N2O6. The second-order valence-electron chi connectivity index (χ2n) is 12.6. The molecule has 0 saturated heterocycles. The van der Waals surface area contributed by atoms with Crippen molar-refractivity contribution in [3.63, 3.8) is 0 Å². The van der Waals surface area contributed by atoms with Gasteiger partial charge in [0.25, 0.3) is 0 Å². The average molecular weight is 643 g/mol. The van der Waals surface area contributed by atoms with Crippen molar-refractivity contribution in [1.29, 1.82) is 0 Å². The van der Waals surface area contributed by atoms with Crippen molar-refractivity contribution in [1.82, 2.24) is 5.32 Å². The van der Waals surface area contributed by atoms with E-state index in [2.05, 4.69) is 33.0 Å². The maximum absolute atomic E-state index is 12.0. The summed E-state index contributed by atoms with van der Waals surface area (Å²) in [4.78, 5) is 34.4. The first-order valence-electron chi connectivity index (χ1n) is 18.9. The maximum atomic E-state index is 12.0. The number of carboxylic acid groups (broad SMARTS) is 1. The molecule has 0 heterocycles. The van der Waals surface area contributed by atoms with E-state index in [9.17, 15) is 14.4 Å². The third kappa shape index (κ3) is 33.4. The second-order valence-corrected chi connectivity index (χ2v) is 12.6. The summed E-state index contributed by atoms with van der Waals surface area (Å²) in [5, 5.41) is 11.0. The molecule has 0 spiro atoms. The molecule has 0 aromatic heterocycles. The summed E-state index contributed by atoms with van der Waals surface area (Å²) >= 11 is 0. The molecule has 0 aliphatic rings. The lowest BCUT2D eigenvalue weighted by atomic mass is 10.0. The highest BCUT2D eigenvalue weighted by Gasteiger charge is 2.20. The fourth-order valence-corrected chi connectivity index (χ4v) is 5.15. The van der Waals surface area contributed by atoms with Crippen LogP contribution in [0, 0.1) is 11.8 Å². The molecule has 0 fully saturated rings. The number of nitrogens with two attached hydrogens (primary N) is 1. The van der Waals surface area contributed by atoms with Crippen LogP contribution in [-0.4, -0.2) is 49.4 Å². The van der Waals surface area contributed by atoms with Crippen LogP contribution in [0.5, 0.6) is 0 Å². The zero-order valence-electron chi connectivity index (χ0n) is 30.0. The van der Waals surface area contributed by atoms with E-state index in [1.54, 1.807) is 0 Å². The van der Waals surface area contributed by atoms with Crippen LogP contribution in [0.2, 0.25) is 0 Å². The first kappa shape index (κ1) is 45.3. The van der Waals surface area contributed by atoms with Gasteiger partial charge in [0.15, 0.2) is 0 Å². The van der Waals surface area contributed by atoms with Gasteiger partial charge in [-0.25, -0.2) is 4.79 Å². The maximum Gasteiger partial charge on any atom is 0.404 e. The first-order chi connectivity index (χ1) is 21.9. The third-order valence-electron chi connectivity index (χ3n) is 8.25. The zero-order valence-corrected chi connectivity index (χ0v) is 30.0. The minimum atomic E-state index is -1.09. The number of ether oxygens (including phenoxy) is 2. The van der Waals surface area contributed by atoms with E-state index in [0.717, 1.165) is 51.4 Å². The van der Waals surface area contributed by atoms with Crippen LogP contribution in [0.4, 0.5) is 4.79 Å². The third-order valence-corrected chi connectivity index (χ3v) is 8.25. The molecule has 0 radical (unpaired) electrons. The predicted octanol–water partition coefficient (Wildman–Crippen LogP) is 9.96. The van der Waals surface area contributed by atoms with Gasteiger partial charge >= 0.3 is 18.0 Å². The fraction of sp³-hybridized carbons (Fsp3) is 0.919. The molecule has 2 unspecified atom stereocenters. The highest BCUT2D eigenvalue weighted by atomic mass is 16.5. The van der Waals surface area contributed by atoms with Crippen LogP contribution in [0.15, 0.2) is 0 Å². The van der Waals surface area contributed by atoms with Gasteiger partial charge < -0.3 is 25.6 Å². The SMILES string of the molecule is CCCCCCCCCCCOC(=O)C(CCCC)CNC(=O)O.CCCCCCCCCCCOC(=O)C(CN)CCCC. The smallest absolute Gasteiger partial charge is 0.404 e. The summed E-state index contributed by atoms with van der Waals surface area (Å²) in [6, 6.07) is 0. The van der Waals surface area contributed by atoms with Crippen molar-refractivity contribution >= 4 is 18.0 Å². The van der Waals surface area contributed by atoms with E-state index in [4.69, 9.17) is 20.3 Å². The molecule has 0 aromatic carbocycles. The summed E-state index contributed by atoms with van der Waals surface area (Å²) < 4.78 is 10.7. The monoisotopic (exact) mass is 643 g/mol. The largest absolute Gasteiger partial charge is 0.465 e. The Bertz CT molecular complexity index is 661. The number of hydrogen-bond donors (Lipinski definition) is 3. The average Bonchev–Trinajstić information content (AvgIpc) is 3.03. The van der Waals surface area contributed by atoms with Crippen LogP contribution < -0.4 is 11.1 Å². The van der Waals surface area contributed by atoms with Crippen molar-refractivity contribution < 1.29 is 29.0 Å². The van der Waals surface area contributed by atoms with E-state index in [0.29, 0.717) is 26.2 Å². The summed E-state index contributed by atoms with van der Waals surface area (Å²) in [5.41, 5.74) is 5.63. The Balaban J connectivity index is 0. The Morgan fingerprint density at radius 3 is 1.22 bits per heavy atom. The molecule has 8 heteroatoms. The molecule has 0 saturated carbocycles. The van der Waals surface area contributed by atoms with Gasteiger partial charge in [-0.3, -0.25) is 9.59 Å². The number of esters is 2. The molecule has 8 nitrogen and oxygen atoms in total. The van der Waals surface area contributed by atoms with Crippen molar-refractivity contribution in [2.24, 2.45) is 17.6 Å². The van der Waals surface area contributed by atoms with Gasteiger partial charge in [0, 0.05) is 13.1 Å². The number of amides is 1. The molecular weight excluding hydrogens is 568 g/mol. The number of carbonyl (C=O) groups excluding carboxylic acids is 2. The minimum Gasteiger partial charge on any atom is -0.465 e. The zero-order chi connectivity index (χ0) is 33.8. The van der Waals surface area contributed by atoms with Crippen LogP contribution in [0.25, 0.3) is 0 Å². The highest BCUT2D eigenvalue weighted by molar-refractivity contribution is 5.74. The van der Waals surface area contributed by atoms with E-state index < -0.39 is 6.09 Å². The predicted molar refractivity (Wildman–Crippen MR) is 187 cm³/mol. The number of nitrogens with one attached hydrogen (secondary N) is 1. The molecule has 0 bridgehead atoms. The minimum absolute atomic E-state index is 0.0921. The van der Waals surface area contributed by atoms with E-state index in [-0.39, 0.29) is 30.3 Å².